The Bertz CT molecular complexity index is 551. The van der Waals surface area contributed by atoms with E-state index in [-0.39, 0.29) is 0 Å². The molecule has 1 rings (SSSR count). The minimum atomic E-state index is -3.65. The number of carboxylic acid groups (broad SMARTS) is 1. The number of hydrogen-bond donors (Lipinski definition) is 2. The predicted octanol–water partition coefficient (Wildman–Crippen LogP) is 1.77. The first-order valence-electron chi connectivity index (χ1n) is 5.52. The first-order chi connectivity index (χ1) is 8.21. The van der Waals surface area contributed by atoms with Gasteiger partial charge in [0.15, 0.2) is 0 Å². The van der Waals surface area contributed by atoms with Crippen LogP contribution in [-0.2, 0) is 14.8 Å². The molecule has 1 aromatic rings. The van der Waals surface area contributed by atoms with E-state index in [9.17, 15) is 13.2 Å². The van der Waals surface area contributed by atoms with Gasteiger partial charge in [-0.2, -0.15) is 0 Å². The quantitative estimate of drug-likeness (QED) is 0.854. The van der Waals surface area contributed by atoms with Crippen molar-refractivity contribution in [3.63, 3.8) is 0 Å². The molecule has 6 heteroatoms. The Balaban J connectivity index is 2.86. The van der Waals surface area contributed by atoms with Crippen molar-refractivity contribution in [2.45, 2.75) is 20.8 Å². The number of aryl methyl sites for hydroxylation is 2. The molecule has 0 heterocycles. The Morgan fingerprint density at radius 1 is 1.39 bits per heavy atom. The standard InChI is InChI=1S/C12H17NO4S/c1-8-4-5-11(9(2)6-8)13-18(16,17)7-10(3)12(14)15/h4-6,10,13H,7H2,1-3H3,(H,14,15). The van der Waals surface area contributed by atoms with Gasteiger partial charge in [-0.1, -0.05) is 24.6 Å². The molecule has 0 amide bonds. The maximum absolute atomic E-state index is 11.8. The molecule has 0 fully saturated rings. The van der Waals surface area contributed by atoms with Crippen LogP contribution < -0.4 is 4.72 Å². The summed E-state index contributed by atoms with van der Waals surface area (Å²) >= 11 is 0. The SMILES string of the molecule is Cc1ccc(NS(=O)(=O)CC(C)C(=O)O)c(C)c1. The van der Waals surface area contributed by atoms with E-state index in [2.05, 4.69) is 4.72 Å². The molecular formula is C12H17NO4S. The molecule has 18 heavy (non-hydrogen) atoms. The van der Waals surface area contributed by atoms with E-state index in [0.29, 0.717) is 5.69 Å². The summed E-state index contributed by atoms with van der Waals surface area (Å²) in [6.45, 7) is 5.08. The van der Waals surface area contributed by atoms with E-state index < -0.39 is 27.7 Å². The molecule has 1 aromatic carbocycles. The van der Waals surface area contributed by atoms with Gasteiger partial charge in [0.25, 0.3) is 0 Å². The minimum Gasteiger partial charge on any atom is -0.481 e. The van der Waals surface area contributed by atoms with Gasteiger partial charge in [-0.05, 0) is 25.5 Å². The number of carboxylic acids is 1. The molecule has 0 radical (unpaired) electrons. The Morgan fingerprint density at radius 3 is 2.50 bits per heavy atom. The largest absolute Gasteiger partial charge is 0.481 e. The van der Waals surface area contributed by atoms with Crippen LogP contribution in [0.3, 0.4) is 0 Å². The van der Waals surface area contributed by atoms with Crippen molar-refractivity contribution >= 4 is 21.7 Å². The fraction of sp³-hybridized carbons (Fsp3) is 0.417. The number of aliphatic carboxylic acids is 1. The van der Waals surface area contributed by atoms with Gasteiger partial charge in [0, 0.05) is 0 Å². The molecule has 0 aliphatic carbocycles. The average Bonchev–Trinajstić information content (AvgIpc) is 2.21. The van der Waals surface area contributed by atoms with Gasteiger partial charge in [-0.3, -0.25) is 9.52 Å². The van der Waals surface area contributed by atoms with Gasteiger partial charge in [0.2, 0.25) is 10.0 Å². The lowest BCUT2D eigenvalue weighted by Crippen LogP contribution is -2.26. The molecule has 0 bridgehead atoms. The second-order valence-electron chi connectivity index (χ2n) is 4.44. The number of hydrogen-bond acceptors (Lipinski definition) is 3. The highest BCUT2D eigenvalue weighted by atomic mass is 32.2. The van der Waals surface area contributed by atoms with Crippen molar-refractivity contribution in [1.82, 2.24) is 0 Å². The van der Waals surface area contributed by atoms with Crippen molar-refractivity contribution in [3.05, 3.63) is 29.3 Å². The highest BCUT2D eigenvalue weighted by molar-refractivity contribution is 7.92. The summed E-state index contributed by atoms with van der Waals surface area (Å²) in [7, 11) is -3.65. The predicted molar refractivity (Wildman–Crippen MR) is 70.1 cm³/mol. The lowest BCUT2D eigenvalue weighted by atomic mass is 10.1. The minimum absolute atomic E-state index is 0.435. The third-order valence-corrected chi connectivity index (χ3v) is 4.01. The van der Waals surface area contributed by atoms with E-state index in [4.69, 9.17) is 5.11 Å². The maximum atomic E-state index is 11.8. The highest BCUT2D eigenvalue weighted by Crippen LogP contribution is 2.18. The van der Waals surface area contributed by atoms with Crippen molar-refractivity contribution in [3.8, 4) is 0 Å². The fourth-order valence-electron chi connectivity index (χ4n) is 1.54. The molecule has 0 saturated heterocycles. The molecule has 2 N–H and O–H groups in total. The third kappa shape index (κ3) is 4.03. The number of rotatable bonds is 5. The summed E-state index contributed by atoms with van der Waals surface area (Å²) in [5.74, 6) is -2.50. The Morgan fingerprint density at radius 2 is 2.00 bits per heavy atom. The van der Waals surface area contributed by atoms with Crippen LogP contribution in [0.15, 0.2) is 18.2 Å². The van der Waals surface area contributed by atoms with Gasteiger partial charge in [-0.15, -0.1) is 0 Å². The first-order valence-corrected chi connectivity index (χ1v) is 7.17. The van der Waals surface area contributed by atoms with Crippen LogP contribution in [-0.4, -0.2) is 25.2 Å². The van der Waals surface area contributed by atoms with Crippen LogP contribution >= 0.6 is 0 Å². The fourth-order valence-corrected chi connectivity index (χ4v) is 2.99. The molecule has 1 unspecified atom stereocenters. The summed E-state index contributed by atoms with van der Waals surface area (Å²) in [5, 5.41) is 8.71. The first kappa shape index (κ1) is 14.5. The van der Waals surface area contributed by atoms with Gasteiger partial charge < -0.3 is 5.11 Å². The van der Waals surface area contributed by atoms with E-state index in [0.717, 1.165) is 11.1 Å². The van der Waals surface area contributed by atoms with Crippen LogP contribution in [0.25, 0.3) is 0 Å². The smallest absolute Gasteiger partial charge is 0.307 e. The average molecular weight is 271 g/mol. The summed E-state index contributed by atoms with van der Waals surface area (Å²) in [6.07, 6.45) is 0. The van der Waals surface area contributed by atoms with Gasteiger partial charge in [0.05, 0.1) is 17.4 Å². The zero-order valence-corrected chi connectivity index (χ0v) is 11.4. The molecule has 0 aromatic heterocycles. The number of benzene rings is 1. The van der Waals surface area contributed by atoms with Crippen LogP contribution in [0.4, 0.5) is 5.69 Å². The highest BCUT2D eigenvalue weighted by Gasteiger charge is 2.21. The Kier molecular flexibility index (Phi) is 4.34. The summed E-state index contributed by atoms with van der Waals surface area (Å²) < 4.78 is 26.0. The zero-order chi connectivity index (χ0) is 13.9. The normalized spacial score (nSPS) is 13.1. The molecule has 0 aliphatic heterocycles. The summed E-state index contributed by atoms with van der Waals surface area (Å²) in [4.78, 5) is 10.6. The molecule has 0 saturated carbocycles. The summed E-state index contributed by atoms with van der Waals surface area (Å²) in [5.41, 5.74) is 2.33. The van der Waals surface area contributed by atoms with Crippen molar-refractivity contribution in [1.29, 1.82) is 0 Å². The molecule has 0 spiro atoms. The lowest BCUT2D eigenvalue weighted by Gasteiger charge is -2.12. The van der Waals surface area contributed by atoms with E-state index in [1.165, 1.54) is 6.92 Å². The topological polar surface area (TPSA) is 83.5 Å². The Hall–Kier alpha value is -1.56. The third-order valence-electron chi connectivity index (χ3n) is 2.54. The number of sulfonamides is 1. The lowest BCUT2D eigenvalue weighted by molar-refractivity contribution is -0.140. The second-order valence-corrected chi connectivity index (χ2v) is 6.21. The molecule has 100 valence electrons. The summed E-state index contributed by atoms with van der Waals surface area (Å²) in [6, 6.07) is 5.33. The molecular weight excluding hydrogens is 254 g/mol. The number of nitrogens with one attached hydrogen (secondary N) is 1. The van der Waals surface area contributed by atoms with E-state index >= 15 is 0 Å². The van der Waals surface area contributed by atoms with Crippen molar-refractivity contribution in [2.24, 2.45) is 5.92 Å². The van der Waals surface area contributed by atoms with Crippen molar-refractivity contribution in [2.75, 3.05) is 10.5 Å². The van der Waals surface area contributed by atoms with Crippen LogP contribution in [0.1, 0.15) is 18.1 Å². The zero-order valence-electron chi connectivity index (χ0n) is 10.6. The van der Waals surface area contributed by atoms with E-state index in [1.54, 1.807) is 19.1 Å². The van der Waals surface area contributed by atoms with Crippen LogP contribution in [0.2, 0.25) is 0 Å². The molecule has 1 atom stereocenters. The Labute approximate surface area is 107 Å². The van der Waals surface area contributed by atoms with Gasteiger partial charge in [0.1, 0.15) is 0 Å². The van der Waals surface area contributed by atoms with E-state index in [1.807, 2.05) is 13.0 Å². The van der Waals surface area contributed by atoms with Crippen molar-refractivity contribution < 1.29 is 18.3 Å². The number of carbonyl (C=O) groups is 1. The maximum Gasteiger partial charge on any atom is 0.307 e. The second kappa shape index (κ2) is 5.39. The number of anilines is 1. The van der Waals surface area contributed by atoms with Crippen LogP contribution in [0.5, 0.6) is 0 Å². The van der Waals surface area contributed by atoms with Crippen LogP contribution in [0, 0.1) is 19.8 Å². The van der Waals surface area contributed by atoms with Gasteiger partial charge >= 0.3 is 5.97 Å². The molecule has 0 aliphatic rings. The molecule has 5 nitrogen and oxygen atoms in total. The van der Waals surface area contributed by atoms with Gasteiger partial charge in [-0.25, -0.2) is 8.42 Å². The monoisotopic (exact) mass is 271 g/mol.